The number of fused-ring (bicyclic) bond motifs is 1. The summed E-state index contributed by atoms with van der Waals surface area (Å²) in [5.41, 5.74) is 1.74. The Morgan fingerprint density at radius 3 is 2.67 bits per heavy atom. The monoisotopic (exact) mass is 287 g/mol. The molecule has 0 bridgehead atoms. The molecule has 21 heavy (non-hydrogen) atoms. The van der Waals surface area contributed by atoms with E-state index in [9.17, 15) is 9.90 Å². The topological polar surface area (TPSA) is 67.8 Å². The van der Waals surface area contributed by atoms with Crippen LogP contribution in [0.2, 0.25) is 0 Å². The molecule has 1 aromatic rings. The Morgan fingerprint density at radius 2 is 2.00 bits per heavy atom. The van der Waals surface area contributed by atoms with Crippen LogP contribution in [-0.4, -0.2) is 16.8 Å². The summed E-state index contributed by atoms with van der Waals surface area (Å²) in [5.74, 6) is 0.385. The second-order valence-electron chi connectivity index (χ2n) is 5.45. The molecule has 1 aromatic carbocycles. The lowest BCUT2D eigenvalue weighted by Gasteiger charge is -2.31. The molecule has 110 valence electrons. The predicted octanol–water partition coefficient (Wildman–Crippen LogP) is 3.10. The molecule has 0 fully saturated rings. The number of carbonyl (C=O) groups is 1. The van der Waals surface area contributed by atoms with Gasteiger partial charge in [-0.05, 0) is 44.9 Å². The third-order valence-electron chi connectivity index (χ3n) is 3.86. The molecular weight excluding hydrogens is 270 g/mol. The number of aryl methyl sites for hydroxylation is 1. The second-order valence-corrected chi connectivity index (χ2v) is 5.45. The van der Waals surface area contributed by atoms with E-state index in [1.54, 1.807) is 13.0 Å². The first-order valence-corrected chi connectivity index (χ1v) is 6.73. The van der Waals surface area contributed by atoms with E-state index in [1.807, 2.05) is 26.0 Å². The number of ether oxygens (including phenoxy) is 2. The van der Waals surface area contributed by atoms with Crippen LogP contribution in [0.4, 0.5) is 5.69 Å². The molecule has 0 saturated carbocycles. The number of hydrogen-bond donors (Lipinski definition) is 2. The van der Waals surface area contributed by atoms with Crippen LogP contribution >= 0.6 is 0 Å². The van der Waals surface area contributed by atoms with Crippen LogP contribution in [0.15, 0.2) is 35.3 Å². The van der Waals surface area contributed by atoms with Crippen molar-refractivity contribution in [3.63, 3.8) is 0 Å². The van der Waals surface area contributed by atoms with Gasteiger partial charge in [0.1, 0.15) is 22.8 Å². The van der Waals surface area contributed by atoms with E-state index in [2.05, 4.69) is 5.32 Å². The van der Waals surface area contributed by atoms with Crippen LogP contribution in [0.5, 0.6) is 5.75 Å². The molecule has 5 nitrogen and oxygen atoms in total. The number of aliphatic hydroxyl groups excluding tert-OH is 1. The van der Waals surface area contributed by atoms with Crippen LogP contribution in [0.3, 0.4) is 0 Å². The van der Waals surface area contributed by atoms with E-state index in [1.165, 1.54) is 6.92 Å². The summed E-state index contributed by atoms with van der Waals surface area (Å²) in [7, 11) is 0. The maximum Gasteiger partial charge on any atom is 0.349 e. The fourth-order valence-electron chi connectivity index (χ4n) is 2.74. The number of aliphatic hydroxyl groups is 1. The summed E-state index contributed by atoms with van der Waals surface area (Å²) < 4.78 is 11.1. The number of hydrogen-bond acceptors (Lipinski definition) is 5. The number of carbonyl (C=O) groups excluding carboxylic acids is 1. The van der Waals surface area contributed by atoms with Gasteiger partial charge < -0.3 is 19.9 Å². The Kier molecular flexibility index (Phi) is 2.76. The predicted molar refractivity (Wildman–Crippen MR) is 78.1 cm³/mol. The summed E-state index contributed by atoms with van der Waals surface area (Å²) >= 11 is 0. The Labute approximate surface area is 122 Å². The lowest BCUT2D eigenvalue weighted by molar-refractivity contribution is -0.138. The largest absolute Gasteiger partial charge is 0.512 e. The van der Waals surface area contributed by atoms with Gasteiger partial charge in [0.25, 0.3) is 0 Å². The van der Waals surface area contributed by atoms with Crippen molar-refractivity contribution in [1.82, 2.24) is 0 Å². The highest BCUT2D eigenvalue weighted by atomic mass is 16.6. The summed E-state index contributed by atoms with van der Waals surface area (Å²) in [6, 6.07) is 3.89. The van der Waals surface area contributed by atoms with E-state index in [0.717, 1.165) is 16.8 Å². The number of benzene rings is 1. The summed E-state index contributed by atoms with van der Waals surface area (Å²) in [4.78, 5) is 12.1. The lowest BCUT2D eigenvalue weighted by Crippen LogP contribution is -2.47. The highest BCUT2D eigenvalue weighted by Gasteiger charge is 2.49. The molecule has 0 aliphatic carbocycles. The number of allylic oxidation sites excluding steroid dienone is 2. The molecule has 1 atom stereocenters. The van der Waals surface area contributed by atoms with E-state index < -0.39 is 11.7 Å². The smallest absolute Gasteiger partial charge is 0.349 e. The first-order valence-electron chi connectivity index (χ1n) is 6.73. The van der Waals surface area contributed by atoms with Gasteiger partial charge in [-0.3, -0.25) is 0 Å². The SMILES string of the molecule is CC1=CC2(Nc3ccc(C)c(C)c3O2)/C(=C(/C)O)C(=O)O1. The molecule has 0 amide bonds. The van der Waals surface area contributed by atoms with E-state index in [4.69, 9.17) is 9.47 Å². The van der Waals surface area contributed by atoms with E-state index in [0.29, 0.717) is 11.5 Å². The molecule has 2 N–H and O–H groups in total. The van der Waals surface area contributed by atoms with E-state index in [-0.39, 0.29) is 11.3 Å². The van der Waals surface area contributed by atoms with Gasteiger partial charge in [0, 0.05) is 6.08 Å². The minimum absolute atomic E-state index is 0.0707. The van der Waals surface area contributed by atoms with Gasteiger partial charge in [0.05, 0.1) is 5.69 Å². The number of nitrogens with one attached hydrogen (secondary N) is 1. The van der Waals surface area contributed by atoms with Gasteiger partial charge in [-0.15, -0.1) is 0 Å². The van der Waals surface area contributed by atoms with E-state index >= 15 is 0 Å². The molecule has 2 aliphatic rings. The summed E-state index contributed by atoms with van der Waals surface area (Å²) in [6.45, 7) is 7.07. The third kappa shape index (κ3) is 1.88. The molecule has 3 rings (SSSR count). The first kappa shape index (κ1) is 13.5. The highest BCUT2D eigenvalue weighted by Crippen LogP contribution is 2.46. The highest BCUT2D eigenvalue weighted by molar-refractivity contribution is 5.95. The van der Waals surface area contributed by atoms with Crippen molar-refractivity contribution in [2.75, 3.05) is 5.32 Å². The zero-order valence-electron chi connectivity index (χ0n) is 12.4. The van der Waals surface area contributed by atoms with Gasteiger partial charge >= 0.3 is 5.97 Å². The Morgan fingerprint density at radius 1 is 1.29 bits per heavy atom. The molecule has 5 heteroatoms. The van der Waals surface area contributed by atoms with Gasteiger partial charge in [0.15, 0.2) is 0 Å². The summed E-state index contributed by atoms with van der Waals surface area (Å²) in [5, 5.41) is 13.1. The Balaban J connectivity index is 2.19. The molecule has 0 radical (unpaired) electrons. The van der Waals surface area contributed by atoms with Crippen LogP contribution in [0.25, 0.3) is 0 Å². The molecule has 1 spiro atoms. The standard InChI is InChI=1S/C16H17NO4/c1-8-5-6-12-14(10(8)3)21-16(17-12)7-9(2)20-15(19)13(16)11(4)18/h5-7,17-18H,1-4H3/b13-11-. The summed E-state index contributed by atoms with van der Waals surface area (Å²) in [6.07, 6.45) is 1.66. The number of anilines is 1. The van der Waals surface area contributed by atoms with Crippen LogP contribution < -0.4 is 10.1 Å². The van der Waals surface area contributed by atoms with Crippen molar-refractivity contribution in [3.8, 4) is 5.75 Å². The minimum atomic E-state index is -1.21. The van der Waals surface area contributed by atoms with Crippen molar-refractivity contribution >= 4 is 11.7 Å². The normalized spacial score (nSPS) is 25.7. The molecular formula is C16H17NO4. The fourth-order valence-corrected chi connectivity index (χ4v) is 2.74. The Hall–Kier alpha value is -2.43. The minimum Gasteiger partial charge on any atom is -0.512 e. The van der Waals surface area contributed by atoms with Crippen LogP contribution in [0.1, 0.15) is 25.0 Å². The second kappa shape index (κ2) is 4.28. The van der Waals surface area contributed by atoms with Gasteiger partial charge in [0.2, 0.25) is 5.72 Å². The zero-order chi connectivity index (χ0) is 15.4. The average Bonchev–Trinajstić information content (AvgIpc) is 2.71. The molecule has 1 unspecified atom stereocenters. The van der Waals surface area contributed by atoms with Gasteiger partial charge in [-0.25, -0.2) is 4.79 Å². The van der Waals surface area contributed by atoms with Crippen molar-refractivity contribution in [1.29, 1.82) is 0 Å². The van der Waals surface area contributed by atoms with Crippen molar-refractivity contribution in [2.45, 2.75) is 33.4 Å². The number of esters is 1. The van der Waals surface area contributed by atoms with Gasteiger partial charge in [-0.2, -0.15) is 0 Å². The zero-order valence-corrected chi connectivity index (χ0v) is 12.4. The molecule has 2 heterocycles. The Bertz CT molecular complexity index is 713. The van der Waals surface area contributed by atoms with Crippen molar-refractivity contribution in [3.05, 3.63) is 46.4 Å². The quantitative estimate of drug-likeness (QED) is 0.436. The molecule has 0 aromatic heterocycles. The first-order chi connectivity index (χ1) is 9.84. The lowest BCUT2D eigenvalue weighted by atomic mass is 9.98. The average molecular weight is 287 g/mol. The maximum atomic E-state index is 12.1. The molecule has 0 saturated heterocycles. The van der Waals surface area contributed by atoms with Crippen molar-refractivity contribution < 1.29 is 19.4 Å². The van der Waals surface area contributed by atoms with Crippen LogP contribution in [-0.2, 0) is 9.53 Å². The van der Waals surface area contributed by atoms with Crippen LogP contribution in [0, 0.1) is 13.8 Å². The van der Waals surface area contributed by atoms with Gasteiger partial charge in [-0.1, -0.05) is 6.07 Å². The number of cyclic esters (lactones) is 1. The third-order valence-corrected chi connectivity index (χ3v) is 3.86. The van der Waals surface area contributed by atoms with Crippen molar-refractivity contribution in [2.24, 2.45) is 0 Å². The fraction of sp³-hybridized carbons (Fsp3) is 0.312. The maximum absolute atomic E-state index is 12.1. The molecule has 2 aliphatic heterocycles. The number of rotatable bonds is 0.